The van der Waals surface area contributed by atoms with Gasteiger partial charge in [0.25, 0.3) is 0 Å². The molecular formula is C7H14O3. The van der Waals surface area contributed by atoms with Gasteiger partial charge < -0.3 is 14.6 Å². The number of aliphatic hydroxyl groups is 1. The van der Waals surface area contributed by atoms with Crippen LogP contribution in [0.2, 0.25) is 0 Å². The van der Waals surface area contributed by atoms with Crippen LogP contribution < -0.4 is 0 Å². The zero-order valence-corrected chi connectivity index (χ0v) is 6.25. The first kappa shape index (κ1) is 7.98. The second-order valence-corrected chi connectivity index (χ2v) is 2.60. The van der Waals surface area contributed by atoms with E-state index in [1.165, 1.54) is 0 Å². The Kier molecular flexibility index (Phi) is 3.12. The Labute approximate surface area is 60.9 Å². The fraction of sp³-hybridized carbons (Fsp3) is 1.00. The smallest absolute Gasteiger partial charge is 0.146 e. The maximum atomic E-state index is 9.32. The highest BCUT2D eigenvalue weighted by Gasteiger charge is 2.20. The summed E-state index contributed by atoms with van der Waals surface area (Å²) in [5.74, 6) is 0.179. The van der Waals surface area contributed by atoms with E-state index in [4.69, 9.17) is 9.47 Å². The molecule has 3 nitrogen and oxygen atoms in total. The van der Waals surface area contributed by atoms with E-state index < -0.39 is 0 Å². The number of aliphatic hydroxyl groups excluding tert-OH is 1. The Morgan fingerprint density at radius 3 is 2.60 bits per heavy atom. The fourth-order valence-corrected chi connectivity index (χ4v) is 1.06. The summed E-state index contributed by atoms with van der Waals surface area (Å²) < 4.78 is 10.0. The number of ether oxygens (including phenoxy) is 2. The fourth-order valence-electron chi connectivity index (χ4n) is 1.06. The first-order chi connectivity index (χ1) is 4.84. The second-order valence-electron chi connectivity index (χ2n) is 2.60. The summed E-state index contributed by atoms with van der Waals surface area (Å²) >= 11 is 0. The molecule has 3 heteroatoms. The molecule has 0 aromatic heterocycles. The minimum atomic E-state index is -0.264. The average Bonchev–Trinajstić information content (AvgIpc) is 2.05. The van der Waals surface area contributed by atoms with Gasteiger partial charge in [-0.2, -0.15) is 0 Å². The van der Waals surface area contributed by atoms with Crippen LogP contribution in [-0.2, 0) is 9.47 Å². The maximum absolute atomic E-state index is 9.32. The minimum absolute atomic E-state index is 0.179. The Morgan fingerprint density at radius 1 is 1.50 bits per heavy atom. The van der Waals surface area contributed by atoms with Crippen LogP contribution in [0.25, 0.3) is 0 Å². The highest BCUT2D eigenvalue weighted by molar-refractivity contribution is 4.67. The summed E-state index contributed by atoms with van der Waals surface area (Å²) in [7, 11) is 0. The Bertz CT molecular complexity index is 88.9. The van der Waals surface area contributed by atoms with Crippen molar-refractivity contribution in [1.82, 2.24) is 0 Å². The molecule has 10 heavy (non-hydrogen) atoms. The van der Waals surface area contributed by atoms with Crippen molar-refractivity contribution < 1.29 is 14.6 Å². The zero-order valence-electron chi connectivity index (χ0n) is 6.25. The minimum Gasteiger partial charge on any atom is -0.393 e. The van der Waals surface area contributed by atoms with Crippen LogP contribution in [0.1, 0.15) is 13.3 Å². The van der Waals surface area contributed by atoms with Crippen LogP contribution in [-0.4, -0.2) is 31.2 Å². The molecule has 1 heterocycles. The van der Waals surface area contributed by atoms with Gasteiger partial charge in [0.2, 0.25) is 0 Å². The van der Waals surface area contributed by atoms with E-state index in [-0.39, 0.29) is 12.0 Å². The lowest BCUT2D eigenvalue weighted by molar-refractivity contribution is -0.148. The van der Waals surface area contributed by atoms with Crippen molar-refractivity contribution >= 4 is 0 Å². The summed E-state index contributed by atoms with van der Waals surface area (Å²) in [6.45, 7) is 3.61. The second kappa shape index (κ2) is 3.91. The topological polar surface area (TPSA) is 38.7 Å². The van der Waals surface area contributed by atoms with Crippen molar-refractivity contribution in [2.45, 2.75) is 19.4 Å². The molecule has 1 saturated heterocycles. The van der Waals surface area contributed by atoms with Crippen LogP contribution in [0.5, 0.6) is 0 Å². The summed E-state index contributed by atoms with van der Waals surface area (Å²) in [5.41, 5.74) is 0. The predicted molar refractivity (Wildman–Crippen MR) is 36.6 cm³/mol. The van der Waals surface area contributed by atoms with Gasteiger partial charge >= 0.3 is 0 Å². The van der Waals surface area contributed by atoms with Gasteiger partial charge in [-0.05, 0) is 6.42 Å². The summed E-state index contributed by atoms with van der Waals surface area (Å²) in [6.07, 6.45) is 0.512. The molecule has 1 unspecified atom stereocenters. The van der Waals surface area contributed by atoms with Crippen molar-refractivity contribution in [2.24, 2.45) is 5.92 Å². The van der Waals surface area contributed by atoms with Gasteiger partial charge in [-0.15, -0.1) is 0 Å². The van der Waals surface area contributed by atoms with Gasteiger partial charge in [0.15, 0.2) is 0 Å². The molecule has 0 saturated carbocycles. The van der Waals surface area contributed by atoms with Crippen molar-refractivity contribution in [1.29, 1.82) is 0 Å². The van der Waals surface area contributed by atoms with Crippen molar-refractivity contribution in [3.63, 3.8) is 0 Å². The lowest BCUT2D eigenvalue weighted by Crippen LogP contribution is -2.33. The van der Waals surface area contributed by atoms with E-state index in [0.29, 0.717) is 20.0 Å². The van der Waals surface area contributed by atoms with Crippen molar-refractivity contribution in [2.75, 3.05) is 20.0 Å². The monoisotopic (exact) mass is 146 g/mol. The van der Waals surface area contributed by atoms with Gasteiger partial charge in [-0.3, -0.25) is 0 Å². The molecule has 1 rings (SSSR count). The molecule has 0 bridgehead atoms. The Morgan fingerprint density at radius 2 is 2.10 bits per heavy atom. The predicted octanol–water partition coefficient (Wildman–Crippen LogP) is 0.378. The molecule has 0 aromatic carbocycles. The van der Waals surface area contributed by atoms with E-state index in [1.807, 2.05) is 6.92 Å². The van der Waals surface area contributed by atoms with Crippen LogP contribution in [0, 0.1) is 5.92 Å². The molecule has 0 spiro atoms. The lowest BCUT2D eigenvalue weighted by atomic mass is 10.0. The number of rotatable bonds is 2. The van der Waals surface area contributed by atoms with E-state index >= 15 is 0 Å². The Balaban J connectivity index is 2.24. The van der Waals surface area contributed by atoms with E-state index in [2.05, 4.69) is 0 Å². The van der Waals surface area contributed by atoms with E-state index in [0.717, 1.165) is 6.42 Å². The molecule has 1 N–H and O–H groups in total. The quantitative estimate of drug-likeness (QED) is 0.612. The molecule has 0 aromatic rings. The highest BCUT2D eigenvalue weighted by atomic mass is 16.7. The van der Waals surface area contributed by atoms with E-state index in [9.17, 15) is 5.11 Å². The molecule has 1 atom stereocenters. The zero-order chi connectivity index (χ0) is 7.40. The third kappa shape index (κ3) is 1.94. The first-order valence-electron chi connectivity index (χ1n) is 3.68. The third-order valence-electron chi connectivity index (χ3n) is 1.79. The lowest BCUT2D eigenvalue weighted by Gasteiger charge is -2.25. The van der Waals surface area contributed by atoms with Gasteiger partial charge in [0.05, 0.1) is 19.3 Å². The summed E-state index contributed by atoms with van der Waals surface area (Å²) in [6, 6.07) is 0. The molecule has 0 amide bonds. The van der Waals surface area contributed by atoms with Crippen LogP contribution in [0.3, 0.4) is 0 Å². The summed E-state index contributed by atoms with van der Waals surface area (Å²) in [4.78, 5) is 0. The van der Waals surface area contributed by atoms with Gasteiger partial charge in [-0.25, -0.2) is 0 Å². The largest absolute Gasteiger partial charge is 0.393 e. The van der Waals surface area contributed by atoms with Gasteiger partial charge in [-0.1, -0.05) is 6.92 Å². The first-order valence-corrected chi connectivity index (χ1v) is 3.68. The standard InChI is InChI=1S/C7H14O3/c1-2-7(8)6-3-9-5-10-4-6/h6-8H,2-5H2,1H3. The van der Waals surface area contributed by atoms with Gasteiger partial charge in [0, 0.05) is 5.92 Å². The van der Waals surface area contributed by atoms with E-state index in [1.54, 1.807) is 0 Å². The normalized spacial score (nSPS) is 24.6. The Hall–Kier alpha value is -0.120. The molecule has 1 fully saturated rings. The number of hydrogen-bond acceptors (Lipinski definition) is 3. The molecule has 60 valence electrons. The van der Waals surface area contributed by atoms with Gasteiger partial charge in [0.1, 0.15) is 6.79 Å². The van der Waals surface area contributed by atoms with Crippen molar-refractivity contribution in [3.05, 3.63) is 0 Å². The maximum Gasteiger partial charge on any atom is 0.146 e. The molecule has 0 radical (unpaired) electrons. The highest BCUT2D eigenvalue weighted by Crippen LogP contribution is 2.12. The van der Waals surface area contributed by atoms with Crippen LogP contribution >= 0.6 is 0 Å². The summed E-state index contributed by atoms with van der Waals surface area (Å²) in [5, 5.41) is 9.32. The SMILES string of the molecule is CCC(O)C1COCOC1. The molecule has 1 aliphatic heterocycles. The van der Waals surface area contributed by atoms with Crippen LogP contribution in [0.15, 0.2) is 0 Å². The molecule has 1 aliphatic rings. The van der Waals surface area contributed by atoms with Crippen molar-refractivity contribution in [3.8, 4) is 0 Å². The van der Waals surface area contributed by atoms with Crippen LogP contribution in [0.4, 0.5) is 0 Å². The average molecular weight is 146 g/mol. The molecule has 0 aliphatic carbocycles. The molecular weight excluding hydrogens is 132 g/mol. The third-order valence-corrected chi connectivity index (χ3v) is 1.79. The number of hydrogen-bond donors (Lipinski definition) is 1.